The van der Waals surface area contributed by atoms with E-state index in [4.69, 9.17) is 0 Å². The lowest BCUT2D eigenvalue weighted by molar-refractivity contribution is -0.113. The molecule has 10 heteroatoms. The normalized spacial score (nSPS) is 10.7. The first-order valence-electron chi connectivity index (χ1n) is 7.70. The van der Waals surface area contributed by atoms with E-state index >= 15 is 0 Å². The summed E-state index contributed by atoms with van der Waals surface area (Å²) in [5.74, 6) is -0.0266. The van der Waals surface area contributed by atoms with Gasteiger partial charge in [0.15, 0.2) is 10.9 Å². The predicted molar refractivity (Wildman–Crippen MR) is 100 cm³/mol. The number of amides is 1. The molecule has 0 atom stereocenters. The van der Waals surface area contributed by atoms with Crippen LogP contribution in [0.3, 0.4) is 0 Å². The van der Waals surface area contributed by atoms with Crippen LogP contribution in [0.25, 0.3) is 5.69 Å². The number of aryl methyl sites for hydroxylation is 2. The molecule has 134 valence electrons. The third-order valence-electron chi connectivity index (χ3n) is 3.57. The number of anilines is 1. The van der Waals surface area contributed by atoms with Crippen molar-refractivity contribution in [3.05, 3.63) is 40.4 Å². The Kier molecular flexibility index (Phi) is 5.43. The Hall–Kier alpha value is -2.59. The second kappa shape index (κ2) is 7.75. The number of carbonyl (C=O) groups excluding carboxylic acids is 2. The minimum atomic E-state index is -0.176. The van der Waals surface area contributed by atoms with Gasteiger partial charge in [-0.1, -0.05) is 11.8 Å². The van der Waals surface area contributed by atoms with Gasteiger partial charge in [-0.25, -0.2) is 4.98 Å². The molecule has 0 aliphatic heterocycles. The lowest BCUT2D eigenvalue weighted by atomic mass is 10.1. The highest BCUT2D eigenvalue weighted by Gasteiger charge is 2.13. The highest BCUT2D eigenvalue weighted by Crippen LogP contribution is 2.22. The van der Waals surface area contributed by atoms with E-state index in [1.54, 1.807) is 24.3 Å². The van der Waals surface area contributed by atoms with Crippen molar-refractivity contribution in [3.8, 4) is 5.69 Å². The van der Waals surface area contributed by atoms with Crippen LogP contribution in [0.4, 0.5) is 5.13 Å². The zero-order valence-corrected chi connectivity index (χ0v) is 16.0. The van der Waals surface area contributed by atoms with Crippen LogP contribution in [0, 0.1) is 13.8 Å². The largest absolute Gasteiger partial charge is 0.301 e. The SMILES string of the molecule is CC(=O)c1ccc(-n2nnnc2SCC(=O)Nc2nc(C)c(C)s2)cc1. The van der Waals surface area contributed by atoms with E-state index in [0.29, 0.717) is 21.5 Å². The molecule has 3 rings (SSSR count). The summed E-state index contributed by atoms with van der Waals surface area (Å²) in [4.78, 5) is 28.8. The molecular weight excluding hydrogens is 372 g/mol. The van der Waals surface area contributed by atoms with Crippen LogP contribution in [0.2, 0.25) is 0 Å². The number of benzene rings is 1. The van der Waals surface area contributed by atoms with Crippen molar-refractivity contribution in [2.24, 2.45) is 0 Å². The molecule has 1 aromatic carbocycles. The lowest BCUT2D eigenvalue weighted by Gasteiger charge is -2.05. The van der Waals surface area contributed by atoms with Gasteiger partial charge in [0.05, 0.1) is 17.1 Å². The minimum absolute atomic E-state index is 0.00723. The molecular formula is C16H16N6O2S2. The maximum Gasteiger partial charge on any atom is 0.236 e. The molecule has 0 saturated heterocycles. The fourth-order valence-corrected chi connectivity index (χ4v) is 3.60. The summed E-state index contributed by atoms with van der Waals surface area (Å²) < 4.78 is 1.53. The molecule has 0 aliphatic carbocycles. The Morgan fingerprint density at radius 1 is 1.23 bits per heavy atom. The van der Waals surface area contributed by atoms with Crippen LogP contribution >= 0.6 is 23.1 Å². The molecule has 0 aliphatic rings. The summed E-state index contributed by atoms with van der Waals surface area (Å²) in [5, 5.41) is 15.4. The topological polar surface area (TPSA) is 103 Å². The molecule has 0 unspecified atom stereocenters. The van der Waals surface area contributed by atoms with Gasteiger partial charge < -0.3 is 5.32 Å². The maximum absolute atomic E-state index is 12.1. The summed E-state index contributed by atoms with van der Waals surface area (Å²) in [6, 6.07) is 6.96. The van der Waals surface area contributed by atoms with Crippen molar-refractivity contribution in [1.82, 2.24) is 25.2 Å². The van der Waals surface area contributed by atoms with Crippen LogP contribution in [0.15, 0.2) is 29.4 Å². The second-order valence-electron chi connectivity index (χ2n) is 5.47. The van der Waals surface area contributed by atoms with Crippen LogP contribution in [-0.4, -0.2) is 42.6 Å². The molecule has 0 spiro atoms. The zero-order chi connectivity index (χ0) is 18.7. The van der Waals surface area contributed by atoms with Gasteiger partial charge in [0, 0.05) is 10.4 Å². The molecule has 0 fully saturated rings. The van der Waals surface area contributed by atoms with Gasteiger partial charge in [-0.05, 0) is 55.5 Å². The number of Topliss-reactive ketones (excluding diaryl/α,β-unsaturated/α-hetero) is 1. The predicted octanol–water partition coefficient (Wildman–Crippen LogP) is 2.67. The average Bonchev–Trinajstić information content (AvgIpc) is 3.19. The third-order valence-corrected chi connectivity index (χ3v) is 5.47. The van der Waals surface area contributed by atoms with Crippen LogP contribution < -0.4 is 5.32 Å². The summed E-state index contributed by atoms with van der Waals surface area (Å²) >= 11 is 2.67. The number of rotatable bonds is 6. The highest BCUT2D eigenvalue weighted by atomic mass is 32.2. The summed E-state index contributed by atoms with van der Waals surface area (Å²) in [6.45, 7) is 5.38. The van der Waals surface area contributed by atoms with Gasteiger partial charge in [0.25, 0.3) is 0 Å². The number of nitrogens with one attached hydrogen (secondary N) is 1. The van der Waals surface area contributed by atoms with Crippen molar-refractivity contribution in [2.75, 3.05) is 11.1 Å². The van der Waals surface area contributed by atoms with E-state index in [-0.39, 0.29) is 17.4 Å². The van der Waals surface area contributed by atoms with Crippen molar-refractivity contribution < 1.29 is 9.59 Å². The molecule has 0 bridgehead atoms. The van der Waals surface area contributed by atoms with Gasteiger partial charge >= 0.3 is 0 Å². The monoisotopic (exact) mass is 388 g/mol. The zero-order valence-electron chi connectivity index (χ0n) is 14.4. The first kappa shape index (κ1) is 18.2. The summed E-state index contributed by atoms with van der Waals surface area (Å²) in [7, 11) is 0. The number of hydrogen-bond acceptors (Lipinski definition) is 8. The first-order valence-corrected chi connectivity index (χ1v) is 9.50. The first-order chi connectivity index (χ1) is 12.4. The summed E-state index contributed by atoms with van der Waals surface area (Å²) in [5.41, 5.74) is 2.24. The Morgan fingerprint density at radius 2 is 1.96 bits per heavy atom. The number of ketones is 1. The number of carbonyl (C=O) groups is 2. The van der Waals surface area contributed by atoms with Crippen LogP contribution in [0.5, 0.6) is 0 Å². The van der Waals surface area contributed by atoms with E-state index in [1.165, 1.54) is 34.7 Å². The van der Waals surface area contributed by atoms with Crippen LogP contribution in [0.1, 0.15) is 27.9 Å². The Labute approximate surface area is 158 Å². The molecule has 26 heavy (non-hydrogen) atoms. The number of aromatic nitrogens is 5. The molecule has 2 heterocycles. The Bertz CT molecular complexity index is 929. The summed E-state index contributed by atoms with van der Waals surface area (Å²) in [6.07, 6.45) is 0. The average molecular weight is 388 g/mol. The van der Waals surface area contributed by atoms with E-state index < -0.39 is 0 Å². The molecule has 8 nitrogen and oxygen atoms in total. The van der Waals surface area contributed by atoms with Gasteiger partial charge in [-0.2, -0.15) is 4.68 Å². The van der Waals surface area contributed by atoms with E-state index in [2.05, 4.69) is 25.8 Å². The molecule has 0 saturated carbocycles. The molecule has 0 radical (unpaired) electrons. The van der Waals surface area contributed by atoms with Crippen molar-refractivity contribution in [1.29, 1.82) is 0 Å². The number of thioether (sulfide) groups is 1. The fraction of sp³-hybridized carbons (Fsp3) is 0.250. The Morgan fingerprint density at radius 3 is 2.58 bits per heavy atom. The number of tetrazole rings is 1. The van der Waals surface area contributed by atoms with Gasteiger partial charge in [-0.15, -0.1) is 16.4 Å². The molecule has 1 amide bonds. The van der Waals surface area contributed by atoms with E-state index in [1.807, 2.05) is 13.8 Å². The fourth-order valence-electron chi connectivity index (χ4n) is 2.08. The van der Waals surface area contributed by atoms with Crippen molar-refractivity contribution >= 4 is 39.9 Å². The van der Waals surface area contributed by atoms with Crippen LogP contribution in [-0.2, 0) is 4.79 Å². The smallest absolute Gasteiger partial charge is 0.236 e. The van der Waals surface area contributed by atoms with Gasteiger partial charge in [0.2, 0.25) is 11.1 Å². The minimum Gasteiger partial charge on any atom is -0.301 e. The lowest BCUT2D eigenvalue weighted by Crippen LogP contribution is -2.14. The number of nitrogens with zero attached hydrogens (tertiary/aromatic N) is 5. The van der Waals surface area contributed by atoms with Gasteiger partial charge in [0.1, 0.15) is 0 Å². The quantitative estimate of drug-likeness (QED) is 0.511. The molecule has 1 N–H and O–H groups in total. The van der Waals surface area contributed by atoms with Crippen molar-refractivity contribution in [2.45, 2.75) is 25.9 Å². The van der Waals surface area contributed by atoms with E-state index in [9.17, 15) is 9.59 Å². The highest BCUT2D eigenvalue weighted by molar-refractivity contribution is 7.99. The van der Waals surface area contributed by atoms with Crippen molar-refractivity contribution in [3.63, 3.8) is 0 Å². The third kappa shape index (κ3) is 4.14. The number of hydrogen-bond donors (Lipinski definition) is 1. The second-order valence-corrected chi connectivity index (χ2v) is 7.62. The maximum atomic E-state index is 12.1. The standard InChI is InChI=1S/C16H16N6O2S2/c1-9-11(3)26-15(17-9)18-14(24)8-25-16-19-20-21-22(16)13-6-4-12(5-7-13)10(2)23/h4-7H,8H2,1-3H3,(H,17,18,24). The molecule has 2 aromatic heterocycles. The molecule has 3 aromatic rings. The number of thiazole rings is 1. The van der Waals surface area contributed by atoms with E-state index in [0.717, 1.165) is 10.6 Å². The Balaban J connectivity index is 1.65. The van der Waals surface area contributed by atoms with Gasteiger partial charge in [-0.3, -0.25) is 9.59 Å².